The molecule has 1 N–H and O–H groups in total. The Kier molecular flexibility index (Phi) is 2.65. The van der Waals surface area contributed by atoms with Crippen LogP contribution in [-0.2, 0) is 11.2 Å². The highest BCUT2D eigenvalue weighted by molar-refractivity contribution is 9.10. The van der Waals surface area contributed by atoms with E-state index in [1.165, 1.54) is 0 Å². The van der Waals surface area contributed by atoms with Gasteiger partial charge in [-0.05, 0) is 17.7 Å². The van der Waals surface area contributed by atoms with E-state index in [-0.39, 0.29) is 6.42 Å². The second-order valence-electron chi connectivity index (χ2n) is 2.12. The van der Waals surface area contributed by atoms with Crippen LogP contribution in [0.5, 0.6) is 0 Å². The van der Waals surface area contributed by atoms with Crippen molar-refractivity contribution < 1.29 is 9.90 Å². The lowest BCUT2D eigenvalue weighted by atomic mass is 10.2. The van der Waals surface area contributed by atoms with Crippen molar-refractivity contribution in [3.05, 3.63) is 34.3 Å². The summed E-state index contributed by atoms with van der Waals surface area (Å²) in [6.07, 6.45) is 0.0628. The van der Waals surface area contributed by atoms with Gasteiger partial charge in [-0.2, -0.15) is 0 Å². The van der Waals surface area contributed by atoms with Crippen molar-refractivity contribution in [2.24, 2.45) is 0 Å². The summed E-state index contributed by atoms with van der Waals surface area (Å²) in [5, 5.41) is 8.43. The number of rotatable bonds is 2. The summed E-state index contributed by atoms with van der Waals surface area (Å²) < 4.78 is 0.788. The normalized spacial score (nSPS) is 9.55. The van der Waals surface area contributed by atoms with Crippen molar-refractivity contribution in [2.75, 3.05) is 0 Å². The molecule has 0 saturated carbocycles. The lowest BCUT2D eigenvalue weighted by Gasteiger charge is -1.95. The number of halogens is 1. The van der Waals surface area contributed by atoms with E-state index in [4.69, 9.17) is 5.11 Å². The van der Waals surface area contributed by atoms with E-state index in [1.54, 1.807) is 18.2 Å². The third-order valence-corrected chi connectivity index (χ3v) is 1.64. The summed E-state index contributed by atoms with van der Waals surface area (Å²) in [4.78, 5) is 10.3. The fourth-order valence-electron chi connectivity index (χ4n) is 0.765. The summed E-state index contributed by atoms with van der Waals surface area (Å²) in [5.74, 6) is -0.817. The minimum atomic E-state index is -0.817. The lowest BCUT2D eigenvalue weighted by Crippen LogP contribution is -1.99. The van der Waals surface area contributed by atoms with Crippen molar-refractivity contribution in [1.29, 1.82) is 0 Å². The maximum Gasteiger partial charge on any atom is 0.307 e. The molecule has 3 heteroatoms. The summed E-state index contributed by atoms with van der Waals surface area (Å²) in [5.41, 5.74) is 0.781. The van der Waals surface area contributed by atoms with Gasteiger partial charge in [-0.1, -0.05) is 28.1 Å². The Morgan fingerprint density at radius 1 is 1.73 bits per heavy atom. The minimum Gasteiger partial charge on any atom is -0.481 e. The monoisotopic (exact) mass is 213 g/mol. The van der Waals surface area contributed by atoms with Crippen LogP contribution >= 0.6 is 15.9 Å². The average Bonchev–Trinajstić information content (AvgIpc) is 1.85. The van der Waals surface area contributed by atoms with Crippen molar-refractivity contribution >= 4 is 21.9 Å². The number of hydrogen-bond donors (Lipinski definition) is 1. The van der Waals surface area contributed by atoms with E-state index < -0.39 is 5.97 Å². The van der Waals surface area contributed by atoms with E-state index in [0.717, 1.165) is 10.0 Å². The Labute approximate surface area is 73.0 Å². The van der Waals surface area contributed by atoms with Crippen LogP contribution in [0.3, 0.4) is 0 Å². The van der Waals surface area contributed by atoms with Gasteiger partial charge in [0.25, 0.3) is 0 Å². The maximum atomic E-state index is 10.3. The predicted octanol–water partition coefficient (Wildman–Crippen LogP) is 1.88. The van der Waals surface area contributed by atoms with Crippen LogP contribution in [0.15, 0.2) is 22.7 Å². The summed E-state index contributed by atoms with van der Waals surface area (Å²) in [6.45, 7) is 0. The van der Waals surface area contributed by atoms with Crippen LogP contribution in [0.25, 0.3) is 0 Å². The minimum absolute atomic E-state index is 0.0628. The van der Waals surface area contributed by atoms with Gasteiger partial charge in [0, 0.05) is 4.47 Å². The second-order valence-corrected chi connectivity index (χ2v) is 2.97. The molecular weight excluding hydrogens is 208 g/mol. The van der Waals surface area contributed by atoms with Crippen molar-refractivity contribution in [1.82, 2.24) is 0 Å². The molecule has 11 heavy (non-hydrogen) atoms. The second kappa shape index (κ2) is 3.53. The third-order valence-electron chi connectivity index (χ3n) is 1.19. The number of hydrogen-bond acceptors (Lipinski definition) is 1. The lowest BCUT2D eigenvalue weighted by molar-refractivity contribution is -0.136. The predicted molar refractivity (Wildman–Crippen MR) is 44.3 cm³/mol. The number of aliphatic carboxylic acids is 1. The Morgan fingerprint density at radius 3 is 3.00 bits per heavy atom. The van der Waals surface area contributed by atoms with Crippen molar-refractivity contribution in [3.8, 4) is 0 Å². The molecule has 0 unspecified atom stereocenters. The van der Waals surface area contributed by atoms with Crippen LogP contribution in [0.2, 0.25) is 0 Å². The van der Waals surface area contributed by atoms with Crippen LogP contribution in [-0.4, -0.2) is 11.1 Å². The SMILES string of the molecule is O=C(O)Cc1cc[c]c(Br)c1. The van der Waals surface area contributed by atoms with E-state index in [9.17, 15) is 4.79 Å². The van der Waals surface area contributed by atoms with E-state index in [1.807, 2.05) is 0 Å². The van der Waals surface area contributed by atoms with E-state index >= 15 is 0 Å². The molecule has 1 radical (unpaired) electrons. The van der Waals surface area contributed by atoms with Crippen molar-refractivity contribution in [2.45, 2.75) is 6.42 Å². The topological polar surface area (TPSA) is 37.3 Å². The highest BCUT2D eigenvalue weighted by Gasteiger charge is 1.99. The first-order valence-corrected chi connectivity index (χ1v) is 3.85. The van der Waals surface area contributed by atoms with E-state index in [2.05, 4.69) is 22.0 Å². The fraction of sp³-hybridized carbons (Fsp3) is 0.125. The molecule has 0 aliphatic carbocycles. The van der Waals surface area contributed by atoms with Crippen molar-refractivity contribution in [3.63, 3.8) is 0 Å². The van der Waals surface area contributed by atoms with Gasteiger partial charge < -0.3 is 5.11 Å². The highest BCUT2D eigenvalue weighted by atomic mass is 79.9. The molecule has 0 aromatic heterocycles. The molecule has 0 aliphatic rings. The molecule has 0 bridgehead atoms. The first-order chi connectivity index (χ1) is 5.18. The van der Waals surface area contributed by atoms with Crippen LogP contribution in [0.4, 0.5) is 0 Å². The quantitative estimate of drug-likeness (QED) is 0.815. The Balaban J connectivity index is 2.79. The van der Waals surface area contributed by atoms with Gasteiger partial charge in [0.1, 0.15) is 0 Å². The fourth-order valence-corrected chi connectivity index (χ4v) is 1.19. The highest BCUT2D eigenvalue weighted by Crippen LogP contribution is 2.10. The van der Waals surface area contributed by atoms with Gasteiger partial charge in [-0.25, -0.2) is 0 Å². The Morgan fingerprint density at radius 2 is 2.45 bits per heavy atom. The smallest absolute Gasteiger partial charge is 0.307 e. The third kappa shape index (κ3) is 2.72. The Bertz CT molecular complexity index is 271. The number of benzene rings is 1. The first kappa shape index (κ1) is 8.27. The van der Waals surface area contributed by atoms with Crippen LogP contribution < -0.4 is 0 Å². The molecule has 1 aromatic carbocycles. The van der Waals surface area contributed by atoms with Gasteiger partial charge in [0.2, 0.25) is 0 Å². The molecule has 0 heterocycles. The maximum absolute atomic E-state index is 10.3. The number of carboxylic acids is 1. The molecule has 2 nitrogen and oxygen atoms in total. The summed E-state index contributed by atoms with van der Waals surface area (Å²) in [6, 6.07) is 8.04. The standard InChI is InChI=1S/C8H6BrO2/c9-7-3-1-2-6(4-7)5-8(10)11/h1-2,4H,5H2,(H,10,11). The average molecular weight is 214 g/mol. The van der Waals surface area contributed by atoms with Gasteiger partial charge in [-0.3, -0.25) is 4.79 Å². The number of carbonyl (C=O) groups is 1. The number of carboxylic acid groups (broad SMARTS) is 1. The first-order valence-electron chi connectivity index (χ1n) is 3.06. The molecule has 0 amide bonds. The molecular formula is C8H6BrO2. The molecule has 0 atom stereocenters. The van der Waals surface area contributed by atoms with Gasteiger partial charge in [-0.15, -0.1) is 0 Å². The summed E-state index contributed by atoms with van der Waals surface area (Å²) in [7, 11) is 0. The van der Waals surface area contributed by atoms with Crippen LogP contribution in [0.1, 0.15) is 5.56 Å². The van der Waals surface area contributed by atoms with Gasteiger partial charge in [0.05, 0.1) is 6.42 Å². The molecule has 0 saturated heterocycles. The largest absolute Gasteiger partial charge is 0.481 e. The summed E-state index contributed by atoms with van der Waals surface area (Å²) >= 11 is 3.20. The van der Waals surface area contributed by atoms with E-state index in [0.29, 0.717) is 0 Å². The molecule has 0 spiro atoms. The molecule has 57 valence electrons. The van der Waals surface area contributed by atoms with Crippen LogP contribution in [0, 0.1) is 6.07 Å². The van der Waals surface area contributed by atoms with Gasteiger partial charge >= 0.3 is 5.97 Å². The zero-order valence-electron chi connectivity index (χ0n) is 5.67. The zero-order chi connectivity index (χ0) is 8.27. The molecule has 1 rings (SSSR count). The van der Waals surface area contributed by atoms with Gasteiger partial charge in [0.15, 0.2) is 0 Å². The zero-order valence-corrected chi connectivity index (χ0v) is 7.26. The Hall–Kier alpha value is -0.830. The molecule has 1 aromatic rings. The molecule has 0 fully saturated rings. The molecule has 0 aliphatic heterocycles.